The molecular weight excluding hydrogens is 248 g/mol. The molecule has 1 unspecified atom stereocenters. The van der Waals surface area contributed by atoms with Crippen molar-refractivity contribution in [3.8, 4) is 0 Å². The standard InChI is InChI=1S/C17H26N2O/c1-2-17(16(18)20,15-9-5-3-6-10-15)11-14-19-12-7-4-8-13-19/h3,5-6,9-10H,2,4,7-8,11-14H2,1H3,(H2,18,20). The van der Waals surface area contributed by atoms with Gasteiger partial charge in [-0.2, -0.15) is 0 Å². The normalized spacial score (nSPS) is 19.4. The van der Waals surface area contributed by atoms with Crippen molar-refractivity contribution >= 4 is 5.91 Å². The first-order valence-corrected chi connectivity index (χ1v) is 7.77. The molecule has 1 fully saturated rings. The zero-order chi connectivity index (χ0) is 14.4. The molecule has 1 aliphatic rings. The zero-order valence-electron chi connectivity index (χ0n) is 12.5. The molecule has 2 rings (SSSR count). The van der Waals surface area contributed by atoms with Crippen molar-refractivity contribution < 1.29 is 4.79 Å². The Labute approximate surface area is 122 Å². The number of hydrogen-bond donors (Lipinski definition) is 1. The molecule has 3 nitrogen and oxygen atoms in total. The second-order valence-corrected chi connectivity index (χ2v) is 5.82. The van der Waals surface area contributed by atoms with E-state index in [2.05, 4.69) is 11.8 Å². The van der Waals surface area contributed by atoms with Crippen LogP contribution in [0.5, 0.6) is 0 Å². The lowest BCUT2D eigenvalue weighted by Gasteiger charge is -2.34. The largest absolute Gasteiger partial charge is 0.369 e. The Morgan fingerprint density at radius 1 is 1.20 bits per heavy atom. The number of rotatable bonds is 6. The van der Waals surface area contributed by atoms with Gasteiger partial charge in [0.2, 0.25) is 5.91 Å². The lowest BCUT2D eigenvalue weighted by molar-refractivity contribution is -0.124. The quantitative estimate of drug-likeness (QED) is 0.867. The van der Waals surface area contributed by atoms with Crippen LogP contribution in [0.25, 0.3) is 0 Å². The van der Waals surface area contributed by atoms with E-state index in [-0.39, 0.29) is 5.91 Å². The number of piperidine rings is 1. The highest BCUT2D eigenvalue weighted by atomic mass is 16.1. The van der Waals surface area contributed by atoms with Crippen LogP contribution in [0, 0.1) is 0 Å². The number of primary amides is 1. The van der Waals surface area contributed by atoms with Gasteiger partial charge in [-0.15, -0.1) is 0 Å². The number of amides is 1. The molecule has 1 saturated heterocycles. The molecule has 0 bridgehead atoms. The second-order valence-electron chi connectivity index (χ2n) is 5.82. The highest BCUT2D eigenvalue weighted by Crippen LogP contribution is 2.32. The molecule has 3 heteroatoms. The van der Waals surface area contributed by atoms with Gasteiger partial charge in [0.15, 0.2) is 0 Å². The third-order valence-electron chi connectivity index (χ3n) is 4.71. The Bertz CT molecular complexity index is 426. The van der Waals surface area contributed by atoms with Gasteiger partial charge in [-0.25, -0.2) is 0 Å². The first kappa shape index (κ1) is 15.0. The number of carbonyl (C=O) groups is 1. The Morgan fingerprint density at radius 2 is 1.85 bits per heavy atom. The lowest BCUT2D eigenvalue weighted by Crippen LogP contribution is -2.44. The minimum absolute atomic E-state index is 0.191. The summed E-state index contributed by atoms with van der Waals surface area (Å²) in [5.41, 5.74) is 6.32. The van der Waals surface area contributed by atoms with Crippen molar-refractivity contribution in [1.82, 2.24) is 4.90 Å². The van der Waals surface area contributed by atoms with Gasteiger partial charge in [0.1, 0.15) is 0 Å². The maximum Gasteiger partial charge on any atom is 0.228 e. The molecule has 1 atom stereocenters. The Balaban J connectivity index is 2.12. The third-order valence-corrected chi connectivity index (χ3v) is 4.71. The SMILES string of the molecule is CCC(CCN1CCCCC1)(C(N)=O)c1ccccc1. The number of nitrogens with two attached hydrogens (primary N) is 1. The molecule has 1 aliphatic heterocycles. The van der Waals surface area contributed by atoms with Crippen LogP contribution >= 0.6 is 0 Å². The molecule has 110 valence electrons. The monoisotopic (exact) mass is 274 g/mol. The molecule has 0 spiro atoms. The minimum Gasteiger partial charge on any atom is -0.369 e. The molecule has 0 aromatic heterocycles. The molecule has 0 saturated carbocycles. The lowest BCUT2D eigenvalue weighted by atomic mass is 9.74. The number of nitrogens with zero attached hydrogens (tertiary/aromatic N) is 1. The molecule has 1 amide bonds. The fraction of sp³-hybridized carbons (Fsp3) is 0.588. The average molecular weight is 274 g/mol. The Kier molecular flexibility index (Phi) is 5.18. The first-order valence-electron chi connectivity index (χ1n) is 7.77. The first-order chi connectivity index (χ1) is 9.69. The van der Waals surface area contributed by atoms with Crippen LogP contribution < -0.4 is 5.73 Å². The van der Waals surface area contributed by atoms with Gasteiger partial charge < -0.3 is 10.6 Å². The molecule has 0 radical (unpaired) electrons. The zero-order valence-corrected chi connectivity index (χ0v) is 12.5. The molecule has 1 heterocycles. The summed E-state index contributed by atoms with van der Waals surface area (Å²) >= 11 is 0. The molecule has 1 aromatic rings. The molecule has 20 heavy (non-hydrogen) atoms. The average Bonchev–Trinajstić information content (AvgIpc) is 2.50. The summed E-state index contributed by atoms with van der Waals surface area (Å²) in [5.74, 6) is -0.191. The van der Waals surface area contributed by atoms with Gasteiger partial charge in [0.05, 0.1) is 5.41 Å². The maximum atomic E-state index is 12.1. The summed E-state index contributed by atoms with van der Waals surface area (Å²) in [7, 11) is 0. The van der Waals surface area contributed by atoms with Gasteiger partial charge >= 0.3 is 0 Å². The summed E-state index contributed by atoms with van der Waals surface area (Å²) in [6, 6.07) is 10.0. The van der Waals surface area contributed by atoms with E-state index in [1.807, 2.05) is 30.3 Å². The van der Waals surface area contributed by atoms with Crippen LogP contribution in [0.15, 0.2) is 30.3 Å². The highest BCUT2D eigenvalue weighted by Gasteiger charge is 2.36. The van der Waals surface area contributed by atoms with E-state index < -0.39 is 5.41 Å². The van der Waals surface area contributed by atoms with E-state index in [0.29, 0.717) is 0 Å². The summed E-state index contributed by atoms with van der Waals surface area (Å²) < 4.78 is 0. The van der Waals surface area contributed by atoms with Crippen LogP contribution in [0.2, 0.25) is 0 Å². The van der Waals surface area contributed by atoms with Gasteiger partial charge in [-0.1, -0.05) is 43.7 Å². The third kappa shape index (κ3) is 3.21. The van der Waals surface area contributed by atoms with Gasteiger partial charge in [-0.05, 0) is 50.9 Å². The summed E-state index contributed by atoms with van der Waals surface area (Å²) in [6.45, 7) is 5.35. The van der Waals surface area contributed by atoms with Crippen molar-refractivity contribution in [2.24, 2.45) is 5.73 Å². The van der Waals surface area contributed by atoms with Crippen molar-refractivity contribution in [1.29, 1.82) is 0 Å². The van der Waals surface area contributed by atoms with Crippen molar-refractivity contribution in [3.05, 3.63) is 35.9 Å². The highest BCUT2D eigenvalue weighted by molar-refractivity contribution is 5.86. The fourth-order valence-electron chi connectivity index (χ4n) is 3.25. The van der Waals surface area contributed by atoms with E-state index in [9.17, 15) is 4.79 Å². The summed E-state index contributed by atoms with van der Waals surface area (Å²) in [5, 5.41) is 0. The Hall–Kier alpha value is -1.35. The van der Waals surface area contributed by atoms with Gasteiger partial charge in [0.25, 0.3) is 0 Å². The predicted molar refractivity (Wildman–Crippen MR) is 82.5 cm³/mol. The van der Waals surface area contributed by atoms with E-state index in [1.54, 1.807) is 0 Å². The van der Waals surface area contributed by atoms with Crippen LogP contribution in [0.1, 0.15) is 44.6 Å². The number of hydrogen-bond acceptors (Lipinski definition) is 2. The molecule has 1 aromatic carbocycles. The Morgan fingerprint density at radius 3 is 2.40 bits per heavy atom. The van der Waals surface area contributed by atoms with E-state index in [4.69, 9.17) is 5.73 Å². The van der Waals surface area contributed by atoms with Crippen LogP contribution in [0.4, 0.5) is 0 Å². The minimum atomic E-state index is -0.515. The summed E-state index contributed by atoms with van der Waals surface area (Å²) in [6.07, 6.45) is 5.48. The van der Waals surface area contributed by atoms with Crippen molar-refractivity contribution in [3.63, 3.8) is 0 Å². The van der Waals surface area contributed by atoms with Gasteiger partial charge in [-0.3, -0.25) is 4.79 Å². The van der Waals surface area contributed by atoms with Crippen LogP contribution in [-0.4, -0.2) is 30.4 Å². The summed E-state index contributed by atoms with van der Waals surface area (Å²) in [4.78, 5) is 14.6. The topological polar surface area (TPSA) is 46.3 Å². The molecule has 2 N–H and O–H groups in total. The van der Waals surface area contributed by atoms with Crippen molar-refractivity contribution in [2.75, 3.05) is 19.6 Å². The number of benzene rings is 1. The van der Waals surface area contributed by atoms with E-state index in [1.165, 1.54) is 19.3 Å². The van der Waals surface area contributed by atoms with Crippen molar-refractivity contribution in [2.45, 2.75) is 44.4 Å². The number of carbonyl (C=O) groups excluding carboxylic acids is 1. The van der Waals surface area contributed by atoms with Crippen LogP contribution in [-0.2, 0) is 10.2 Å². The molecular formula is C17H26N2O. The van der Waals surface area contributed by atoms with Gasteiger partial charge in [0, 0.05) is 0 Å². The maximum absolute atomic E-state index is 12.1. The predicted octanol–water partition coefficient (Wildman–Crippen LogP) is 2.70. The smallest absolute Gasteiger partial charge is 0.228 e. The fourth-order valence-corrected chi connectivity index (χ4v) is 3.25. The van der Waals surface area contributed by atoms with E-state index in [0.717, 1.165) is 38.0 Å². The number of likely N-dealkylation sites (tertiary alicyclic amines) is 1. The van der Waals surface area contributed by atoms with Crippen LogP contribution in [0.3, 0.4) is 0 Å². The van der Waals surface area contributed by atoms with E-state index >= 15 is 0 Å². The molecule has 0 aliphatic carbocycles. The second kappa shape index (κ2) is 6.89.